The third kappa shape index (κ3) is 4.80. The molecule has 0 saturated carbocycles. The van der Waals surface area contributed by atoms with Gasteiger partial charge in [0.2, 0.25) is 0 Å². The van der Waals surface area contributed by atoms with Gasteiger partial charge in [-0.15, -0.1) is 0 Å². The van der Waals surface area contributed by atoms with Crippen molar-refractivity contribution in [2.45, 2.75) is 13.0 Å². The minimum absolute atomic E-state index is 0.586. The van der Waals surface area contributed by atoms with Gasteiger partial charge in [-0.3, -0.25) is 4.68 Å². The number of aromatic nitrogens is 2. The smallest absolute Gasteiger partial charge is 0.145 e. The lowest BCUT2D eigenvalue weighted by Gasteiger charge is -2.15. The van der Waals surface area contributed by atoms with E-state index >= 15 is 0 Å². The summed E-state index contributed by atoms with van der Waals surface area (Å²) in [5.41, 5.74) is 5.52. The van der Waals surface area contributed by atoms with Crippen LogP contribution in [0.5, 0.6) is 0 Å². The number of nitrogens with two attached hydrogens (primary N) is 1. The van der Waals surface area contributed by atoms with Crippen molar-refractivity contribution in [3.8, 4) is 0 Å². The summed E-state index contributed by atoms with van der Waals surface area (Å²) in [5, 5.41) is 4.12. The molecule has 0 unspecified atom stereocenters. The Bertz CT molecular complexity index is 274. The maximum atomic E-state index is 5.52. The fraction of sp³-hybridized carbons (Fsp3) is 0.700. The molecule has 0 aliphatic heterocycles. The number of ether oxygens (including phenoxy) is 1. The summed E-state index contributed by atoms with van der Waals surface area (Å²) in [6.45, 7) is 3.71. The molecule has 0 saturated heterocycles. The number of anilines is 1. The van der Waals surface area contributed by atoms with E-state index in [-0.39, 0.29) is 0 Å². The fourth-order valence-electron chi connectivity index (χ4n) is 1.36. The second-order valence-corrected chi connectivity index (χ2v) is 3.65. The molecule has 1 aromatic heterocycles. The highest BCUT2D eigenvalue weighted by Crippen LogP contribution is 1.97. The van der Waals surface area contributed by atoms with Gasteiger partial charge in [0.1, 0.15) is 5.82 Å². The monoisotopic (exact) mass is 212 g/mol. The van der Waals surface area contributed by atoms with Gasteiger partial charge in [-0.05, 0) is 26.1 Å². The van der Waals surface area contributed by atoms with Gasteiger partial charge in [0.15, 0.2) is 0 Å². The van der Waals surface area contributed by atoms with Crippen molar-refractivity contribution >= 4 is 5.82 Å². The molecule has 0 radical (unpaired) electrons. The lowest BCUT2D eigenvalue weighted by Crippen LogP contribution is -2.24. The molecule has 1 rings (SSSR count). The highest BCUT2D eigenvalue weighted by Gasteiger charge is 1.98. The SMILES string of the molecule is COCCN(C)CCCn1ccc(N)n1. The number of nitrogen functional groups attached to an aromatic ring is 1. The number of rotatable bonds is 7. The summed E-state index contributed by atoms with van der Waals surface area (Å²) in [4.78, 5) is 2.25. The maximum absolute atomic E-state index is 5.52. The largest absolute Gasteiger partial charge is 0.383 e. The number of methoxy groups -OCH3 is 1. The summed E-state index contributed by atoms with van der Waals surface area (Å²) in [7, 11) is 3.82. The van der Waals surface area contributed by atoms with Gasteiger partial charge in [-0.25, -0.2) is 0 Å². The van der Waals surface area contributed by atoms with E-state index in [4.69, 9.17) is 10.5 Å². The van der Waals surface area contributed by atoms with Gasteiger partial charge < -0.3 is 15.4 Å². The number of aryl methyl sites for hydroxylation is 1. The predicted molar refractivity (Wildman–Crippen MR) is 60.6 cm³/mol. The molecule has 0 atom stereocenters. The first-order valence-electron chi connectivity index (χ1n) is 5.19. The molecule has 0 amide bonds. The second-order valence-electron chi connectivity index (χ2n) is 3.65. The third-order valence-corrected chi connectivity index (χ3v) is 2.27. The van der Waals surface area contributed by atoms with Crippen molar-refractivity contribution in [2.75, 3.05) is 39.6 Å². The molecule has 15 heavy (non-hydrogen) atoms. The predicted octanol–water partition coefficient (Wildman–Crippen LogP) is 0.434. The normalized spacial score (nSPS) is 11.1. The summed E-state index contributed by atoms with van der Waals surface area (Å²) in [6.07, 6.45) is 2.98. The Kier molecular flexibility index (Phi) is 5.14. The molecule has 0 fully saturated rings. The van der Waals surface area contributed by atoms with Crippen molar-refractivity contribution in [3.63, 3.8) is 0 Å². The number of hydrogen-bond acceptors (Lipinski definition) is 4. The number of hydrogen-bond donors (Lipinski definition) is 1. The molecule has 5 nitrogen and oxygen atoms in total. The van der Waals surface area contributed by atoms with E-state index in [0.717, 1.165) is 32.7 Å². The first-order valence-corrected chi connectivity index (χ1v) is 5.19. The van der Waals surface area contributed by atoms with Crippen LogP contribution in [-0.4, -0.2) is 48.5 Å². The molecular formula is C10H20N4O. The zero-order valence-corrected chi connectivity index (χ0v) is 9.52. The second kappa shape index (κ2) is 6.42. The Labute approximate surface area is 90.8 Å². The van der Waals surface area contributed by atoms with Crippen LogP contribution in [0.25, 0.3) is 0 Å². The van der Waals surface area contributed by atoms with Gasteiger partial charge in [0.25, 0.3) is 0 Å². The zero-order chi connectivity index (χ0) is 11.1. The molecule has 0 aromatic carbocycles. The van der Waals surface area contributed by atoms with Gasteiger partial charge in [0.05, 0.1) is 6.61 Å². The van der Waals surface area contributed by atoms with Gasteiger partial charge >= 0.3 is 0 Å². The summed E-state index contributed by atoms with van der Waals surface area (Å²) < 4.78 is 6.88. The van der Waals surface area contributed by atoms with E-state index in [0.29, 0.717) is 5.82 Å². The lowest BCUT2D eigenvalue weighted by atomic mass is 10.4. The average Bonchev–Trinajstić information content (AvgIpc) is 2.61. The average molecular weight is 212 g/mol. The van der Waals surface area contributed by atoms with Crippen molar-refractivity contribution in [1.29, 1.82) is 0 Å². The van der Waals surface area contributed by atoms with E-state index in [9.17, 15) is 0 Å². The number of nitrogens with zero attached hydrogens (tertiary/aromatic N) is 3. The van der Waals surface area contributed by atoms with Crippen LogP contribution in [-0.2, 0) is 11.3 Å². The molecule has 1 heterocycles. The van der Waals surface area contributed by atoms with E-state index in [1.54, 1.807) is 7.11 Å². The molecule has 0 aliphatic carbocycles. The highest BCUT2D eigenvalue weighted by atomic mass is 16.5. The summed E-state index contributed by atoms with van der Waals surface area (Å²) >= 11 is 0. The fourth-order valence-corrected chi connectivity index (χ4v) is 1.36. The van der Waals surface area contributed by atoms with Crippen molar-refractivity contribution in [2.24, 2.45) is 0 Å². The highest BCUT2D eigenvalue weighted by molar-refractivity contribution is 5.23. The molecule has 86 valence electrons. The molecule has 2 N–H and O–H groups in total. The van der Waals surface area contributed by atoms with E-state index in [2.05, 4.69) is 17.0 Å². The van der Waals surface area contributed by atoms with Crippen LogP contribution in [0.2, 0.25) is 0 Å². The van der Waals surface area contributed by atoms with Gasteiger partial charge in [-0.1, -0.05) is 0 Å². The molecule has 0 bridgehead atoms. The van der Waals surface area contributed by atoms with Crippen molar-refractivity contribution in [1.82, 2.24) is 14.7 Å². The topological polar surface area (TPSA) is 56.3 Å². The Hall–Kier alpha value is -1.07. The van der Waals surface area contributed by atoms with Crippen LogP contribution >= 0.6 is 0 Å². The lowest BCUT2D eigenvalue weighted by molar-refractivity contribution is 0.160. The quantitative estimate of drug-likeness (QED) is 0.712. The van der Waals surface area contributed by atoms with Crippen LogP contribution in [0.3, 0.4) is 0 Å². The first-order chi connectivity index (χ1) is 7.22. The van der Waals surface area contributed by atoms with Crippen LogP contribution < -0.4 is 5.73 Å². The molecular weight excluding hydrogens is 192 g/mol. The van der Waals surface area contributed by atoms with E-state index in [1.807, 2.05) is 16.9 Å². The van der Waals surface area contributed by atoms with Crippen LogP contribution in [0.4, 0.5) is 5.82 Å². The summed E-state index contributed by atoms with van der Waals surface area (Å²) in [6, 6.07) is 1.81. The molecule has 0 aliphatic rings. The van der Waals surface area contributed by atoms with Gasteiger partial charge in [-0.2, -0.15) is 5.10 Å². The van der Waals surface area contributed by atoms with Gasteiger partial charge in [0, 0.05) is 26.4 Å². The summed E-state index contributed by atoms with van der Waals surface area (Å²) in [5.74, 6) is 0.586. The first kappa shape index (κ1) is 12.0. The van der Waals surface area contributed by atoms with E-state index < -0.39 is 0 Å². The third-order valence-electron chi connectivity index (χ3n) is 2.27. The van der Waals surface area contributed by atoms with Crippen LogP contribution in [0.15, 0.2) is 12.3 Å². The van der Waals surface area contributed by atoms with E-state index in [1.165, 1.54) is 0 Å². The van der Waals surface area contributed by atoms with Crippen molar-refractivity contribution < 1.29 is 4.74 Å². The van der Waals surface area contributed by atoms with Crippen LogP contribution in [0.1, 0.15) is 6.42 Å². The number of likely N-dealkylation sites (N-methyl/N-ethyl adjacent to an activating group) is 1. The minimum atomic E-state index is 0.586. The molecule has 0 spiro atoms. The minimum Gasteiger partial charge on any atom is -0.383 e. The van der Waals surface area contributed by atoms with Crippen molar-refractivity contribution in [3.05, 3.63) is 12.3 Å². The van der Waals surface area contributed by atoms with Crippen LogP contribution in [0, 0.1) is 0 Å². The Morgan fingerprint density at radius 2 is 2.33 bits per heavy atom. The Morgan fingerprint density at radius 1 is 1.53 bits per heavy atom. The maximum Gasteiger partial charge on any atom is 0.145 e. The molecule has 1 aromatic rings. The molecule has 5 heteroatoms. The Morgan fingerprint density at radius 3 is 2.93 bits per heavy atom. The zero-order valence-electron chi connectivity index (χ0n) is 9.52. The standard InChI is InChI=1S/C10H20N4O/c1-13(8-9-15-2)5-3-6-14-7-4-10(11)12-14/h4,7H,3,5-6,8-9H2,1-2H3,(H2,11,12). The Balaban J connectivity index is 2.10.